The van der Waals surface area contributed by atoms with E-state index in [0.717, 1.165) is 61.4 Å². The van der Waals surface area contributed by atoms with E-state index in [0.29, 0.717) is 0 Å². The lowest BCUT2D eigenvalue weighted by molar-refractivity contribution is 0.669. The van der Waals surface area contributed by atoms with Gasteiger partial charge in [-0.1, -0.05) is 146 Å². The van der Waals surface area contributed by atoms with Crippen molar-refractivity contribution in [3.63, 3.8) is 0 Å². The van der Waals surface area contributed by atoms with Gasteiger partial charge in [-0.25, -0.2) is 0 Å². The van der Waals surface area contributed by atoms with Crippen molar-refractivity contribution in [1.29, 1.82) is 0 Å². The van der Waals surface area contributed by atoms with Crippen molar-refractivity contribution in [1.82, 2.24) is 9.13 Å². The summed E-state index contributed by atoms with van der Waals surface area (Å²) in [6.07, 6.45) is 0. The zero-order valence-electron chi connectivity index (χ0n) is 34.6. The van der Waals surface area contributed by atoms with E-state index in [2.05, 4.69) is 232 Å². The van der Waals surface area contributed by atoms with E-state index in [1.165, 1.54) is 64.9 Å². The maximum Gasteiger partial charge on any atom is 0.159 e. The lowest BCUT2D eigenvalue weighted by Gasteiger charge is -2.27. The van der Waals surface area contributed by atoms with Crippen LogP contribution in [0, 0.1) is 0 Å². The van der Waals surface area contributed by atoms with Crippen LogP contribution in [0.4, 0.5) is 17.1 Å². The minimum Gasteiger partial charge on any atom is -0.454 e. The number of rotatable bonds is 5. The average Bonchev–Trinajstić information content (AvgIpc) is 4.03. The molecule has 3 heterocycles. The minimum absolute atomic E-state index is 0.855. The molecule has 4 nitrogen and oxygen atoms in total. The van der Waals surface area contributed by atoms with E-state index in [4.69, 9.17) is 4.42 Å². The molecule has 4 heteroatoms. The fourth-order valence-corrected chi connectivity index (χ4v) is 10.8. The monoisotopic (exact) mass is 815 g/mol. The van der Waals surface area contributed by atoms with Gasteiger partial charge in [-0.3, -0.25) is 0 Å². The minimum atomic E-state index is 0.855. The van der Waals surface area contributed by atoms with E-state index >= 15 is 0 Å². The van der Waals surface area contributed by atoms with Gasteiger partial charge in [-0.15, -0.1) is 0 Å². The Hall–Kier alpha value is -8.60. The first-order valence-electron chi connectivity index (χ1n) is 21.9. The quantitative estimate of drug-likeness (QED) is 0.162. The SMILES string of the molecule is c1ccc(-n2c3ccccc3c3cc(-n4c5ccccc5c5c(N(c6ccc7c8ccccc8c8ccccc8c7c6)c6cccc7c6oc6ccccc67)cccc54)ccc32)cc1. The fourth-order valence-electron chi connectivity index (χ4n) is 10.8. The smallest absolute Gasteiger partial charge is 0.159 e. The highest BCUT2D eigenvalue weighted by atomic mass is 16.3. The molecule has 0 amide bonds. The molecular weight excluding hydrogens is 779 g/mol. The summed E-state index contributed by atoms with van der Waals surface area (Å²) in [6, 6.07) is 81.5. The lowest BCUT2D eigenvalue weighted by Crippen LogP contribution is -2.11. The summed E-state index contributed by atoms with van der Waals surface area (Å²) in [5, 5.41) is 14.4. The normalized spacial score (nSPS) is 12.1. The van der Waals surface area contributed by atoms with Crippen LogP contribution in [0.3, 0.4) is 0 Å². The molecule has 0 unspecified atom stereocenters. The number of fused-ring (bicyclic) bond motifs is 15. The van der Waals surface area contributed by atoms with Gasteiger partial charge in [0.2, 0.25) is 0 Å². The molecule has 0 saturated heterocycles. The van der Waals surface area contributed by atoms with E-state index in [1.54, 1.807) is 0 Å². The van der Waals surface area contributed by atoms with Crippen LogP contribution in [0.15, 0.2) is 229 Å². The summed E-state index contributed by atoms with van der Waals surface area (Å²) in [4.78, 5) is 2.43. The number of furan rings is 1. The highest BCUT2D eigenvalue weighted by Gasteiger charge is 2.25. The van der Waals surface area contributed by atoms with Crippen molar-refractivity contribution >= 4 is 115 Å². The highest BCUT2D eigenvalue weighted by Crippen LogP contribution is 2.48. The van der Waals surface area contributed by atoms with Crippen molar-refractivity contribution in [3.05, 3.63) is 224 Å². The molecule has 11 aromatic carbocycles. The van der Waals surface area contributed by atoms with Gasteiger partial charge >= 0.3 is 0 Å². The Bertz CT molecular complexity index is 4170. The molecule has 0 atom stereocenters. The second-order valence-electron chi connectivity index (χ2n) is 16.8. The molecule has 3 aromatic heterocycles. The molecule has 14 aromatic rings. The van der Waals surface area contributed by atoms with Gasteiger partial charge in [-0.2, -0.15) is 0 Å². The zero-order chi connectivity index (χ0) is 41.9. The summed E-state index contributed by atoms with van der Waals surface area (Å²) in [5.41, 5.74) is 11.8. The van der Waals surface area contributed by atoms with Crippen molar-refractivity contribution in [2.75, 3.05) is 4.90 Å². The largest absolute Gasteiger partial charge is 0.454 e. The number of anilines is 3. The number of hydrogen-bond donors (Lipinski definition) is 0. The Morgan fingerprint density at radius 2 is 0.828 bits per heavy atom. The maximum atomic E-state index is 6.86. The van der Waals surface area contributed by atoms with Gasteiger partial charge in [0.1, 0.15) is 5.58 Å². The van der Waals surface area contributed by atoms with Gasteiger partial charge in [0, 0.05) is 49.4 Å². The molecule has 0 aliphatic rings. The summed E-state index contributed by atoms with van der Waals surface area (Å²) < 4.78 is 11.7. The molecule has 0 spiro atoms. The Morgan fingerprint density at radius 3 is 1.59 bits per heavy atom. The third-order valence-electron chi connectivity index (χ3n) is 13.5. The van der Waals surface area contributed by atoms with Crippen LogP contribution >= 0.6 is 0 Å². The summed E-state index contributed by atoms with van der Waals surface area (Å²) in [6.45, 7) is 0. The molecule has 0 fully saturated rings. The Morgan fingerprint density at radius 1 is 0.297 bits per heavy atom. The molecule has 0 radical (unpaired) electrons. The number of nitrogens with zero attached hydrogens (tertiary/aromatic N) is 3. The van der Waals surface area contributed by atoms with Crippen LogP contribution in [-0.4, -0.2) is 9.13 Å². The molecule has 0 N–H and O–H groups in total. The van der Waals surface area contributed by atoms with E-state index in [1.807, 2.05) is 6.07 Å². The van der Waals surface area contributed by atoms with Crippen molar-refractivity contribution < 1.29 is 4.42 Å². The third-order valence-corrected chi connectivity index (χ3v) is 13.5. The number of aromatic nitrogens is 2. The van der Waals surface area contributed by atoms with Crippen LogP contribution in [-0.2, 0) is 0 Å². The molecule has 14 rings (SSSR count). The number of para-hydroxylation sites is 5. The number of hydrogen-bond acceptors (Lipinski definition) is 2. The first-order valence-corrected chi connectivity index (χ1v) is 21.9. The molecule has 0 aliphatic carbocycles. The summed E-state index contributed by atoms with van der Waals surface area (Å²) in [7, 11) is 0. The van der Waals surface area contributed by atoms with Crippen molar-refractivity contribution in [2.45, 2.75) is 0 Å². The van der Waals surface area contributed by atoms with Crippen LogP contribution in [0.2, 0.25) is 0 Å². The van der Waals surface area contributed by atoms with Gasteiger partial charge in [0.25, 0.3) is 0 Å². The average molecular weight is 816 g/mol. The van der Waals surface area contributed by atoms with Gasteiger partial charge in [0.15, 0.2) is 5.58 Å². The van der Waals surface area contributed by atoms with Gasteiger partial charge in [-0.05, 0) is 111 Å². The van der Waals surface area contributed by atoms with Crippen LogP contribution < -0.4 is 4.90 Å². The predicted octanol–water partition coefficient (Wildman–Crippen LogP) is 16.7. The van der Waals surface area contributed by atoms with Crippen LogP contribution in [0.1, 0.15) is 0 Å². The predicted molar refractivity (Wildman–Crippen MR) is 270 cm³/mol. The third kappa shape index (κ3) is 4.93. The molecule has 64 heavy (non-hydrogen) atoms. The van der Waals surface area contributed by atoms with Crippen molar-refractivity contribution in [3.8, 4) is 11.4 Å². The van der Waals surface area contributed by atoms with E-state index in [-0.39, 0.29) is 0 Å². The first kappa shape index (κ1) is 35.0. The first-order chi connectivity index (χ1) is 31.8. The standard InChI is InChI=1S/C60H37N3O/c1-2-16-38(17-3-1)61-52-26-11-8-22-46(52)51-37-40(33-35-54(51)61)62-53-27-12-9-24-49(53)59-55(62)28-15-29-56(59)63(57-30-14-25-48-47-23-10-13-31-58(47)64-60(48)57)39-32-34-45-43-20-5-4-18-41(43)42-19-6-7-21-44(42)50(45)36-39/h1-37H. The van der Waals surface area contributed by atoms with E-state index < -0.39 is 0 Å². The Labute approximate surface area is 367 Å². The maximum absolute atomic E-state index is 6.86. The van der Waals surface area contributed by atoms with Gasteiger partial charge < -0.3 is 18.5 Å². The second-order valence-corrected chi connectivity index (χ2v) is 16.8. The summed E-state index contributed by atoms with van der Waals surface area (Å²) >= 11 is 0. The lowest BCUT2D eigenvalue weighted by atomic mass is 9.94. The summed E-state index contributed by atoms with van der Waals surface area (Å²) in [5.74, 6) is 0. The van der Waals surface area contributed by atoms with Gasteiger partial charge in [0.05, 0.1) is 33.4 Å². The molecule has 298 valence electrons. The van der Waals surface area contributed by atoms with Crippen LogP contribution in [0.25, 0.3) is 109 Å². The molecule has 0 aliphatic heterocycles. The van der Waals surface area contributed by atoms with Crippen molar-refractivity contribution in [2.24, 2.45) is 0 Å². The van der Waals surface area contributed by atoms with E-state index in [9.17, 15) is 0 Å². The highest BCUT2D eigenvalue weighted by molar-refractivity contribution is 6.26. The number of benzene rings is 11. The molecule has 0 bridgehead atoms. The second kappa shape index (κ2) is 13.4. The Balaban J connectivity index is 1.07. The topological polar surface area (TPSA) is 26.2 Å². The molecule has 0 saturated carbocycles. The van der Waals surface area contributed by atoms with Crippen LogP contribution in [0.5, 0.6) is 0 Å². The molecular formula is C60H37N3O. The fraction of sp³-hybridized carbons (Fsp3) is 0. The Kier molecular flexibility index (Phi) is 7.36. The zero-order valence-corrected chi connectivity index (χ0v) is 34.6.